The number of rotatable bonds is 2. The SMILES string of the molecule is NCc1nccn1C1CCCC1. The van der Waals surface area contributed by atoms with Crippen LogP contribution in [0.2, 0.25) is 0 Å². The monoisotopic (exact) mass is 165 g/mol. The molecule has 0 saturated heterocycles. The second-order valence-electron chi connectivity index (χ2n) is 3.39. The molecule has 3 heteroatoms. The van der Waals surface area contributed by atoms with Crippen LogP contribution in [0.3, 0.4) is 0 Å². The summed E-state index contributed by atoms with van der Waals surface area (Å²) < 4.78 is 2.24. The Hall–Kier alpha value is -0.830. The lowest BCUT2D eigenvalue weighted by Crippen LogP contribution is -2.11. The summed E-state index contributed by atoms with van der Waals surface area (Å²) in [5.41, 5.74) is 5.58. The second kappa shape index (κ2) is 3.27. The minimum absolute atomic E-state index is 0.559. The van der Waals surface area contributed by atoms with Crippen molar-refractivity contribution in [2.45, 2.75) is 38.3 Å². The van der Waals surface area contributed by atoms with Crippen molar-refractivity contribution in [3.05, 3.63) is 18.2 Å². The van der Waals surface area contributed by atoms with Crippen LogP contribution in [0.25, 0.3) is 0 Å². The van der Waals surface area contributed by atoms with Crippen molar-refractivity contribution in [2.24, 2.45) is 5.73 Å². The molecule has 1 aliphatic rings. The zero-order chi connectivity index (χ0) is 8.39. The molecule has 1 fully saturated rings. The molecule has 0 amide bonds. The van der Waals surface area contributed by atoms with Gasteiger partial charge in [0.15, 0.2) is 0 Å². The smallest absolute Gasteiger partial charge is 0.122 e. The van der Waals surface area contributed by atoms with Gasteiger partial charge in [-0.25, -0.2) is 4.98 Å². The molecule has 0 aliphatic heterocycles. The van der Waals surface area contributed by atoms with E-state index in [-0.39, 0.29) is 0 Å². The fourth-order valence-electron chi connectivity index (χ4n) is 2.02. The van der Waals surface area contributed by atoms with Crippen molar-refractivity contribution >= 4 is 0 Å². The fraction of sp³-hybridized carbons (Fsp3) is 0.667. The molecule has 12 heavy (non-hydrogen) atoms. The van der Waals surface area contributed by atoms with Gasteiger partial charge in [-0.2, -0.15) is 0 Å². The maximum Gasteiger partial charge on any atom is 0.122 e. The lowest BCUT2D eigenvalue weighted by molar-refractivity contribution is 0.498. The van der Waals surface area contributed by atoms with E-state index in [0.29, 0.717) is 12.6 Å². The van der Waals surface area contributed by atoms with Crippen LogP contribution in [-0.2, 0) is 6.54 Å². The summed E-state index contributed by atoms with van der Waals surface area (Å²) in [6, 6.07) is 0.672. The molecule has 1 heterocycles. The third-order valence-corrected chi connectivity index (χ3v) is 2.65. The van der Waals surface area contributed by atoms with Gasteiger partial charge in [0.05, 0.1) is 6.54 Å². The van der Waals surface area contributed by atoms with E-state index in [4.69, 9.17) is 5.73 Å². The second-order valence-corrected chi connectivity index (χ2v) is 3.39. The van der Waals surface area contributed by atoms with E-state index in [1.54, 1.807) is 0 Å². The number of nitrogens with two attached hydrogens (primary N) is 1. The summed E-state index contributed by atoms with van der Waals surface area (Å²) in [4.78, 5) is 4.22. The quantitative estimate of drug-likeness (QED) is 0.721. The molecule has 1 aromatic rings. The molecular formula is C9H15N3. The van der Waals surface area contributed by atoms with E-state index >= 15 is 0 Å². The van der Waals surface area contributed by atoms with Crippen molar-refractivity contribution in [2.75, 3.05) is 0 Å². The molecule has 3 nitrogen and oxygen atoms in total. The summed E-state index contributed by atoms with van der Waals surface area (Å²) in [6.45, 7) is 0.559. The van der Waals surface area contributed by atoms with Crippen molar-refractivity contribution in [1.82, 2.24) is 9.55 Å². The third-order valence-electron chi connectivity index (χ3n) is 2.65. The Balaban J connectivity index is 2.19. The van der Waals surface area contributed by atoms with Gasteiger partial charge in [0.1, 0.15) is 5.82 Å². The van der Waals surface area contributed by atoms with E-state index in [2.05, 4.69) is 15.7 Å². The van der Waals surface area contributed by atoms with Crippen molar-refractivity contribution in [1.29, 1.82) is 0 Å². The van der Waals surface area contributed by atoms with E-state index in [9.17, 15) is 0 Å². The maximum atomic E-state index is 5.58. The molecular weight excluding hydrogens is 150 g/mol. The number of hydrogen-bond donors (Lipinski definition) is 1. The molecule has 0 radical (unpaired) electrons. The Morgan fingerprint density at radius 3 is 2.92 bits per heavy atom. The lowest BCUT2D eigenvalue weighted by atomic mass is 10.2. The van der Waals surface area contributed by atoms with Crippen molar-refractivity contribution in [3.63, 3.8) is 0 Å². The molecule has 1 aliphatic carbocycles. The van der Waals surface area contributed by atoms with Crippen LogP contribution in [0.5, 0.6) is 0 Å². The van der Waals surface area contributed by atoms with Crippen molar-refractivity contribution in [3.8, 4) is 0 Å². The summed E-state index contributed by atoms with van der Waals surface area (Å²) in [5, 5.41) is 0. The lowest BCUT2D eigenvalue weighted by Gasteiger charge is -2.13. The van der Waals surface area contributed by atoms with Gasteiger partial charge in [0.2, 0.25) is 0 Å². The van der Waals surface area contributed by atoms with Gasteiger partial charge in [0, 0.05) is 18.4 Å². The number of hydrogen-bond acceptors (Lipinski definition) is 2. The summed E-state index contributed by atoms with van der Waals surface area (Å²) in [5.74, 6) is 1.03. The summed E-state index contributed by atoms with van der Waals surface area (Å²) in [7, 11) is 0. The summed E-state index contributed by atoms with van der Waals surface area (Å²) in [6.07, 6.45) is 9.20. The van der Waals surface area contributed by atoms with E-state index < -0.39 is 0 Å². The Labute approximate surface area is 72.6 Å². The highest BCUT2D eigenvalue weighted by atomic mass is 15.1. The average molecular weight is 165 g/mol. The van der Waals surface area contributed by atoms with Gasteiger partial charge >= 0.3 is 0 Å². The zero-order valence-electron chi connectivity index (χ0n) is 7.24. The van der Waals surface area contributed by atoms with Crippen LogP contribution in [0.1, 0.15) is 37.5 Å². The Morgan fingerprint density at radius 2 is 2.25 bits per heavy atom. The van der Waals surface area contributed by atoms with Crippen molar-refractivity contribution < 1.29 is 0 Å². The molecule has 66 valence electrons. The van der Waals surface area contributed by atoms with Gasteiger partial charge in [0.25, 0.3) is 0 Å². The molecule has 2 N–H and O–H groups in total. The van der Waals surface area contributed by atoms with Crippen LogP contribution >= 0.6 is 0 Å². The first kappa shape index (κ1) is 7.80. The first-order valence-corrected chi connectivity index (χ1v) is 4.63. The minimum Gasteiger partial charge on any atom is -0.331 e. The van der Waals surface area contributed by atoms with E-state index in [1.165, 1.54) is 25.7 Å². The first-order valence-electron chi connectivity index (χ1n) is 4.63. The normalized spacial score (nSPS) is 18.8. The highest BCUT2D eigenvalue weighted by Gasteiger charge is 2.18. The predicted molar refractivity (Wildman–Crippen MR) is 47.6 cm³/mol. The minimum atomic E-state index is 0.559. The van der Waals surface area contributed by atoms with Gasteiger partial charge in [-0.3, -0.25) is 0 Å². The van der Waals surface area contributed by atoms with Gasteiger partial charge in [-0.15, -0.1) is 0 Å². The van der Waals surface area contributed by atoms with Crippen LogP contribution in [0.4, 0.5) is 0 Å². The van der Waals surface area contributed by atoms with Crippen LogP contribution in [0, 0.1) is 0 Å². The number of imidazole rings is 1. The van der Waals surface area contributed by atoms with Crippen LogP contribution < -0.4 is 5.73 Å². The largest absolute Gasteiger partial charge is 0.331 e. The van der Waals surface area contributed by atoms with E-state index in [0.717, 1.165) is 5.82 Å². The molecule has 1 aromatic heterocycles. The average Bonchev–Trinajstić information content (AvgIpc) is 2.74. The Kier molecular flexibility index (Phi) is 2.13. The van der Waals surface area contributed by atoms with Gasteiger partial charge in [-0.1, -0.05) is 12.8 Å². The molecule has 0 aromatic carbocycles. The summed E-state index contributed by atoms with van der Waals surface area (Å²) >= 11 is 0. The Bertz CT molecular complexity index is 248. The van der Waals surface area contributed by atoms with Gasteiger partial charge in [-0.05, 0) is 12.8 Å². The topological polar surface area (TPSA) is 43.8 Å². The van der Waals surface area contributed by atoms with Crippen LogP contribution in [0.15, 0.2) is 12.4 Å². The number of nitrogens with zero attached hydrogens (tertiary/aromatic N) is 2. The van der Waals surface area contributed by atoms with Crippen LogP contribution in [-0.4, -0.2) is 9.55 Å². The van der Waals surface area contributed by atoms with E-state index in [1.807, 2.05) is 6.20 Å². The third kappa shape index (κ3) is 1.25. The molecule has 0 bridgehead atoms. The molecule has 0 atom stereocenters. The van der Waals surface area contributed by atoms with Gasteiger partial charge < -0.3 is 10.3 Å². The molecule has 1 saturated carbocycles. The fourth-order valence-corrected chi connectivity index (χ4v) is 2.02. The maximum absolute atomic E-state index is 5.58. The molecule has 0 spiro atoms. The zero-order valence-corrected chi connectivity index (χ0v) is 7.24. The predicted octanol–water partition coefficient (Wildman–Crippen LogP) is 1.46. The number of aromatic nitrogens is 2. The first-order chi connectivity index (χ1) is 5.92. The highest BCUT2D eigenvalue weighted by Crippen LogP contribution is 2.29. The molecule has 0 unspecified atom stereocenters. The molecule has 2 rings (SSSR count). The standard InChI is InChI=1S/C9H15N3/c10-7-9-11-5-6-12(9)8-3-1-2-4-8/h5-6,8H,1-4,7,10H2. The Morgan fingerprint density at radius 1 is 1.50 bits per heavy atom. The highest BCUT2D eigenvalue weighted by molar-refractivity contribution is 4.95.